The molecule has 1 aromatic carbocycles. The Morgan fingerprint density at radius 3 is 2.78 bits per heavy atom. The van der Waals surface area contributed by atoms with Crippen LogP contribution in [0.4, 0.5) is 4.39 Å². The van der Waals surface area contributed by atoms with E-state index in [1.54, 1.807) is 6.07 Å². The average Bonchev–Trinajstić information content (AvgIpc) is 2.36. The summed E-state index contributed by atoms with van der Waals surface area (Å²) in [5.74, 6) is -0.0310. The lowest BCUT2D eigenvalue weighted by atomic mass is 10.1. The SMILES string of the molecule is CCCCOCCOc1c(F)cccc1CCN. The Hall–Kier alpha value is -1.13. The highest BCUT2D eigenvalue weighted by Crippen LogP contribution is 2.22. The normalized spacial score (nSPS) is 10.6. The molecule has 0 aliphatic rings. The molecule has 0 amide bonds. The van der Waals surface area contributed by atoms with Crippen molar-refractivity contribution in [2.45, 2.75) is 26.2 Å². The zero-order chi connectivity index (χ0) is 13.2. The van der Waals surface area contributed by atoms with Gasteiger partial charge in [-0.05, 0) is 31.0 Å². The molecule has 0 heterocycles. The van der Waals surface area contributed by atoms with Crippen LogP contribution in [0.3, 0.4) is 0 Å². The van der Waals surface area contributed by atoms with E-state index in [9.17, 15) is 4.39 Å². The van der Waals surface area contributed by atoms with Gasteiger partial charge in [0.2, 0.25) is 0 Å². The van der Waals surface area contributed by atoms with Crippen molar-refractivity contribution < 1.29 is 13.9 Å². The van der Waals surface area contributed by atoms with E-state index >= 15 is 0 Å². The van der Waals surface area contributed by atoms with E-state index < -0.39 is 0 Å². The Kier molecular flexibility index (Phi) is 7.37. The van der Waals surface area contributed by atoms with Crippen LogP contribution in [0.25, 0.3) is 0 Å². The molecule has 2 N–H and O–H groups in total. The van der Waals surface area contributed by atoms with E-state index in [-0.39, 0.29) is 5.82 Å². The van der Waals surface area contributed by atoms with E-state index in [1.165, 1.54) is 6.07 Å². The summed E-state index contributed by atoms with van der Waals surface area (Å²) in [7, 11) is 0. The van der Waals surface area contributed by atoms with Crippen LogP contribution in [0.15, 0.2) is 18.2 Å². The molecule has 4 heteroatoms. The lowest BCUT2D eigenvalue weighted by Crippen LogP contribution is -2.11. The highest BCUT2D eigenvalue weighted by molar-refractivity contribution is 5.35. The number of hydrogen-bond acceptors (Lipinski definition) is 3. The minimum atomic E-state index is -0.338. The summed E-state index contributed by atoms with van der Waals surface area (Å²) < 4.78 is 24.4. The highest BCUT2D eigenvalue weighted by Gasteiger charge is 2.08. The molecule has 3 nitrogen and oxygen atoms in total. The van der Waals surface area contributed by atoms with E-state index in [0.717, 1.165) is 25.0 Å². The minimum absolute atomic E-state index is 0.307. The van der Waals surface area contributed by atoms with Crippen molar-refractivity contribution >= 4 is 0 Å². The Morgan fingerprint density at radius 1 is 1.22 bits per heavy atom. The summed E-state index contributed by atoms with van der Waals surface area (Å²) in [5, 5.41) is 0. The first-order chi connectivity index (χ1) is 8.79. The van der Waals surface area contributed by atoms with E-state index in [1.807, 2.05) is 6.07 Å². The fourth-order valence-corrected chi connectivity index (χ4v) is 1.62. The number of hydrogen-bond donors (Lipinski definition) is 1. The van der Waals surface area contributed by atoms with Crippen molar-refractivity contribution in [2.75, 3.05) is 26.4 Å². The average molecular weight is 255 g/mol. The number of ether oxygens (including phenoxy) is 2. The second-order valence-electron chi connectivity index (χ2n) is 4.08. The molecule has 0 saturated heterocycles. The van der Waals surface area contributed by atoms with Gasteiger partial charge in [-0.2, -0.15) is 0 Å². The van der Waals surface area contributed by atoms with Gasteiger partial charge in [-0.15, -0.1) is 0 Å². The van der Waals surface area contributed by atoms with Crippen molar-refractivity contribution in [1.29, 1.82) is 0 Å². The van der Waals surface area contributed by atoms with Crippen LogP contribution < -0.4 is 10.5 Å². The Bertz CT molecular complexity index is 345. The van der Waals surface area contributed by atoms with Crippen LogP contribution in [0.1, 0.15) is 25.3 Å². The molecule has 102 valence electrons. The van der Waals surface area contributed by atoms with Gasteiger partial charge in [0.15, 0.2) is 11.6 Å². The molecule has 0 saturated carbocycles. The molecule has 0 aliphatic carbocycles. The van der Waals surface area contributed by atoms with Crippen LogP contribution >= 0.6 is 0 Å². The second kappa shape index (κ2) is 8.89. The van der Waals surface area contributed by atoms with Crippen LogP contribution in [0.2, 0.25) is 0 Å². The maximum Gasteiger partial charge on any atom is 0.165 e. The van der Waals surface area contributed by atoms with Gasteiger partial charge in [-0.1, -0.05) is 25.5 Å². The fraction of sp³-hybridized carbons (Fsp3) is 0.571. The first kappa shape index (κ1) is 14.9. The van der Waals surface area contributed by atoms with Crippen LogP contribution in [0, 0.1) is 5.82 Å². The molecule has 0 fully saturated rings. The van der Waals surface area contributed by atoms with Crippen molar-refractivity contribution in [1.82, 2.24) is 0 Å². The molecule has 0 spiro atoms. The molecule has 0 radical (unpaired) electrons. The summed E-state index contributed by atoms with van der Waals surface area (Å²) in [6, 6.07) is 4.90. The summed E-state index contributed by atoms with van der Waals surface area (Å²) in [5.41, 5.74) is 6.30. The maximum atomic E-state index is 13.6. The summed E-state index contributed by atoms with van der Waals surface area (Å²) in [4.78, 5) is 0. The van der Waals surface area contributed by atoms with Crippen molar-refractivity contribution in [3.05, 3.63) is 29.6 Å². The van der Waals surface area contributed by atoms with Crippen LogP contribution in [0.5, 0.6) is 5.75 Å². The van der Waals surface area contributed by atoms with E-state index in [0.29, 0.717) is 31.9 Å². The molecule has 1 aromatic rings. The summed E-state index contributed by atoms with van der Waals surface area (Å²) in [6.07, 6.45) is 2.76. The van der Waals surface area contributed by atoms with Crippen LogP contribution in [-0.4, -0.2) is 26.4 Å². The molecular formula is C14H22FNO2. The lowest BCUT2D eigenvalue weighted by Gasteiger charge is -2.12. The van der Waals surface area contributed by atoms with Gasteiger partial charge in [0.25, 0.3) is 0 Å². The number of para-hydroxylation sites is 1. The molecule has 0 aromatic heterocycles. The predicted octanol–water partition coefficient (Wildman–Crippen LogP) is 2.52. The van der Waals surface area contributed by atoms with Crippen molar-refractivity contribution in [3.8, 4) is 5.75 Å². The fourth-order valence-electron chi connectivity index (χ4n) is 1.62. The topological polar surface area (TPSA) is 44.5 Å². The van der Waals surface area contributed by atoms with Crippen molar-refractivity contribution in [3.63, 3.8) is 0 Å². The molecule has 0 unspecified atom stereocenters. The standard InChI is InChI=1S/C14H22FNO2/c1-2-3-9-17-10-11-18-14-12(7-8-16)5-4-6-13(14)15/h4-6H,2-3,7-11,16H2,1H3. The third-order valence-electron chi connectivity index (χ3n) is 2.58. The maximum absolute atomic E-state index is 13.6. The summed E-state index contributed by atoms with van der Waals surface area (Å²) in [6.45, 7) is 4.16. The minimum Gasteiger partial charge on any atom is -0.488 e. The largest absolute Gasteiger partial charge is 0.488 e. The number of nitrogens with two attached hydrogens (primary N) is 1. The zero-order valence-electron chi connectivity index (χ0n) is 11.0. The summed E-state index contributed by atoms with van der Waals surface area (Å²) >= 11 is 0. The molecule has 0 bridgehead atoms. The first-order valence-corrected chi connectivity index (χ1v) is 6.47. The van der Waals surface area contributed by atoms with Crippen molar-refractivity contribution in [2.24, 2.45) is 5.73 Å². The van der Waals surface area contributed by atoms with E-state index in [4.69, 9.17) is 15.2 Å². The molecule has 0 aliphatic heterocycles. The Balaban J connectivity index is 2.40. The highest BCUT2D eigenvalue weighted by atomic mass is 19.1. The third-order valence-corrected chi connectivity index (χ3v) is 2.58. The van der Waals surface area contributed by atoms with Gasteiger partial charge in [-0.25, -0.2) is 4.39 Å². The quantitative estimate of drug-likeness (QED) is 0.690. The van der Waals surface area contributed by atoms with Crippen LogP contribution in [-0.2, 0) is 11.2 Å². The number of unbranched alkanes of at least 4 members (excludes halogenated alkanes) is 1. The van der Waals surface area contributed by atoms with Gasteiger partial charge < -0.3 is 15.2 Å². The van der Waals surface area contributed by atoms with Gasteiger partial charge in [0.1, 0.15) is 6.61 Å². The van der Waals surface area contributed by atoms with Gasteiger partial charge in [0, 0.05) is 6.61 Å². The number of halogens is 1. The zero-order valence-corrected chi connectivity index (χ0v) is 11.0. The second-order valence-corrected chi connectivity index (χ2v) is 4.08. The van der Waals surface area contributed by atoms with Gasteiger partial charge in [0.05, 0.1) is 6.61 Å². The lowest BCUT2D eigenvalue weighted by molar-refractivity contribution is 0.0963. The third kappa shape index (κ3) is 5.02. The molecule has 0 atom stereocenters. The molecule has 1 rings (SSSR count). The Labute approximate surface area is 108 Å². The number of rotatable bonds is 9. The molecule has 18 heavy (non-hydrogen) atoms. The van der Waals surface area contributed by atoms with E-state index in [2.05, 4.69) is 6.92 Å². The first-order valence-electron chi connectivity index (χ1n) is 6.47. The van der Waals surface area contributed by atoms with Gasteiger partial charge in [-0.3, -0.25) is 0 Å². The smallest absolute Gasteiger partial charge is 0.165 e. The monoisotopic (exact) mass is 255 g/mol. The Morgan fingerprint density at radius 2 is 2.06 bits per heavy atom. The molecular weight excluding hydrogens is 233 g/mol. The van der Waals surface area contributed by atoms with Gasteiger partial charge >= 0.3 is 0 Å². The number of benzene rings is 1. The predicted molar refractivity (Wildman–Crippen MR) is 70.4 cm³/mol.